The molecule has 6 nitrogen and oxygen atoms in total. The normalized spacial score (nSPS) is 11.1. The van der Waals surface area contributed by atoms with Crippen molar-refractivity contribution in [2.45, 2.75) is 9.79 Å². The molecule has 0 aliphatic rings. The number of rotatable bonds is 2. The van der Waals surface area contributed by atoms with Gasteiger partial charge in [-0.1, -0.05) is 0 Å². The van der Waals surface area contributed by atoms with Gasteiger partial charge in [0.25, 0.3) is 10.1 Å². The van der Waals surface area contributed by atoms with E-state index >= 15 is 0 Å². The summed E-state index contributed by atoms with van der Waals surface area (Å²) >= 11 is 0. The molecule has 0 saturated heterocycles. The van der Waals surface area contributed by atoms with Crippen molar-refractivity contribution in [2.75, 3.05) is 0 Å². The van der Waals surface area contributed by atoms with E-state index in [9.17, 15) is 16.8 Å². The van der Waals surface area contributed by atoms with E-state index in [0.717, 1.165) is 18.2 Å². The first kappa shape index (κ1) is 18.0. The van der Waals surface area contributed by atoms with Gasteiger partial charge in [-0.25, -0.2) is 26.6 Å². The largest absolute Gasteiger partial charge is 2.00 e. The Morgan fingerprint density at radius 3 is 1.79 bits per heavy atom. The summed E-state index contributed by atoms with van der Waals surface area (Å²) in [5, 5.41) is 0. The van der Waals surface area contributed by atoms with E-state index in [4.69, 9.17) is 9.11 Å². The van der Waals surface area contributed by atoms with Crippen molar-refractivity contribution < 1.29 is 43.0 Å². The standard InChI is InChI=1S/C5H5O6S2.C5H5.Fe/c6-12(7,8)4-2-1-3-5(4)13(9,10)11;1-2-4-5-3-1;/h1-3H,(H,6,7,8)(H,9,10,11);1-5H;/q2*-1;+2. The molecule has 106 valence electrons. The van der Waals surface area contributed by atoms with Crippen LogP contribution in [-0.4, -0.2) is 25.9 Å². The Labute approximate surface area is 121 Å². The summed E-state index contributed by atoms with van der Waals surface area (Å²) < 4.78 is 59.2. The summed E-state index contributed by atoms with van der Waals surface area (Å²) in [4.78, 5) is -1.65. The van der Waals surface area contributed by atoms with Crippen molar-refractivity contribution in [3.63, 3.8) is 0 Å². The van der Waals surface area contributed by atoms with E-state index in [0.29, 0.717) is 0 Å². The molecule has 0 unspecified atom stereocenters. The van der Waals surface area contributed by atoms with Crippen LogP contribution in [0.3, 0.4) is 0 Å². The molecule has 0 saturated carbocycles. The molecule has 0 heterocycles. The number of hydrogen-bond acceptors (Lipinski definition) is 4. The molecule has 2 N–H and O–H groups in total. The van der Waals surface area contributed by atoms with E-state index in [1.165, 1.54) is 0 Å². The summed E-state index contributed by atoms with van der Waals surface area (Å²) in [5.41, 5.74) is 0. The average molecular weight is 346 g/mol. The second kappa shape index (κ2) is 6.99. The molecule has 0 radical (unpaired) electrons. The van der Waals surface area contributed by atoms with Crippen LogP contribution in [-0.2, 0) is 37.3 Å². The fourth-order valence-electron chi connectivity index (χ4n) is 1.13. The molecule has 2 aromatic rings. The van der Waals surface area contributed by atoms with Gasteiger partial charge in [-0.05, 0) is 4.90 Å². The van der Waals surface area contributed by atoms with Gasteiger partial charge in [0, 0.05) is 4.90 Å². The number of hydrogen-bond donors (Lipinski definition) is 2. The summed E-state index contributed by atoms with van der Waals surface area (Å²) in [5.74, 6) is 0. The molecular formula is C10H10FeO6S2. The molecule has 0 amide bonds. The summed E-state index contributed by atoms with van der Waals surface area (Å²) in [6, 6.07) is 12.8. The van der Waals surface area contributed by atoms with Crippen LogP contribution in [0.4, 0.5) is 0 Å². The van der Waals surface area contributed by atoms with Crippen LogP contribution in [0.1, 0.15) is 0 Å². The SMILES string of the molecule is O=S(=O)(O)c1ccc[c-]1S(=O)(=O)O.[Fe+2].c1cc[cH-]c1. The van der Waals surface area contributed by atoms with E-state index in [1.54, 1.807) is 0 Å². The second-order valence-electron chi connectivity index (χ2n) is 3.17. The van der Waals surface area contributed by atoms with Gasteiger partial charge < -0.3 is 0 Å². The Hall–Kier alpha value is -0.961. The van der Waals surface area contributed by atoms with Gasteiger partial charge in [-0.3, -0.25) is 9.11 Å². The second-order valence-corrected chi connectivity index (χ2v) is 5.95. The van der Waals surface area contributed by atoms with Crippen molar-refractivity contribution >= 4 is 20.2 Å². The third-order valence-electron chi connectivity index (χ3n) is 1.85. The first-order chi connectivity index (χ1) is 8.23. The fraction of sp³-hybridized carbons (Fsp3) is 0. The van der Waals surface area contributed by atoms with Gasteiger partial charge in [0.15, 0.2) is 0 Å². The molecule has 0 fully saturated rings. The van der Waals surface area contributed by atoms with Crippen molar-refractivity contribution in [2.24, 2.45) is 0 Å². The maximum atomic E-state index is 10.5. The molecule has 2 aromatic carbocycles. The Bertz CT molecular complexity index is 618. The molecule has 9 heteroatoms. The van der Waals surface area contributed by atoms with E-state index in [2.05, 4.69) is 0 Å². The van der Waals surface area contributed by atoms with Crippen LogP contribution in [0.5, 0.6) is 0 Å². The van der Waals surface area contributed by atoms with Gasteiger partial charge >= 0.3 is 17.1 Å². The predicted octanol–water partition coefficient (Wildman–Crippen LogP) is 1.30. The zero-order chi connectivity index (χ0) is 13.8. The fourth-order valence-corrected chi connectivity index (χ4v) is 2.91. The predicted molar refractivity (Wildman–Crippen MR) is 63.7 cm³/mol. The molecule has 19 heavy (non-hydrogen) atoms. The third-order valence-corrected chi connectivity index (χ3v) is 3.80. The minimum Gasteiger partial charge on any atom is -0.291 e. The topological polar surface area (TPSA) is 109 Å². The molecule has 0 bridgehead atoms. The van der Waals surface area contributed by atoms with Crippen LogP contribution in [0, 0.1) is 0 Å². The third kappa shape index (κ3) is 5.68. The molecule has 0 aromatic heterocycles. The zero-order valence-corrected chi connectivity index (χ0v) is 12.1. The Morgan fingerprint density at radius 2 is 1.53 bits per heavy atom. The average Bonchev–Trinajstić information content (AvgIpc) is 2.91. The summed E-state index contributed by atoms with van der Waals surface area (Å²) in [7, 11) is -9.22. The van der Waals surface area contributed by atoms with Crippen LogP contribution >= 0.6 is 0 Å². The molecule has 0 atom stereocenters. The van der Waals surface area contributed by atoms with Gasteiger partial charge in [0.1, 0.15) is 0 Å². The van der Waals surface area contributed by atoms with Gasteiger partial charge in [-0.15, -0.1) is 0 Å². The van der Waals surface area contributed by atoms with Gasteiger partial charge in [0.05, 0.1) is 0 Å². The van der Waals surface area contributed by atoms with Crippen LogP contribution in [0.15, 0.2) is 58.3 Å². The maximum absolute atomic E-state index is 10.5. The van der Waals surface area contributed by atoms with Crippen molar-refractivity contribution in [1.29, 1.82) is 0 Å². The van der Waals surface area contributed by atoms with Gasteiger partial charge in [0.2, 0.25) is 10.1 Å². The van der Waals surface area contributed by atoms with Crippen molar-refractivity contribution in [3.05, 3.63) is 48.5 Å². The van der Waals surface area contributed by atoms with E-state index < -0.39 is 30.0 Å². The minimum atomic E-state index is -4.61. The van der Waals surface area contributed by atoms with Gasteiger partial charge in [-0.2, -0.15) is 38.7 Å². The monoisotopic (exact) mass is 346 g/mol. The molecule has 0 spiro atoms. The summed E-state index contributed by atoms with van der Waals surface area (Å²) in [6.45, 7) is 0. The zero-order valence-electron chi connectivity index (χ0n) is 9.32. The van der Waals surface area contributed by atoms with Crippen LogP contribution in [0.25, 0.3) is 0 Å². The Kier molecular flexibility index (Phi) is 6.64. The Morgan fingerprint density at radius 1 is 1.00 bits per heavy atom. The van der Waals surface area contributed by atoms with Crippen LogP contribution in [0.2, 0.25) is 0 Å². The minimum absolute atomic E-state index is 0. The molecule has 2 rings (SSSR count). The van der Waals surface area contributed by atoms with E-state index in [1.807, 2.05) is 30.3 Å². The summed E-state index contributed by atoms with van der Waals surface area (Å²) in [6.07, 6.45) is 0. The quantitative estimate of drug-likeness (QED) is 0.482. The van der Waals surface area contributed by atoms with E-state index in [-0.39, 0.29) is 17.1 Å². The van der Waals surface area contributed by atoms with Crippen molar-refractivity contribution in [1.82, 2.24) is 0 Å². The first-order valence-corrected chi connectivity index (χ1v) is 7.48. The smallest absolute Gasteiger partial charge is 0.291 e. The Balaban J connectivity index is 0.000000454. The van der Waals surface area contributed by atoms with Crippen LogP contribution < -0.4 is 0 Å². The first-order valence-electron chi connectivity index (χ1n) is 4.60. The van der Waals surface area contributed by atoms with Crippen molar-refractivity contribution in [3.8, 4) is 0 Å². The maximum Gasteiger partial charge on any atom is 2.00 e. The molecule has 0 aliphatic carbocycles. The molecular weight excluding hydrogens is 336 g/mol. The molecule has 0 aliphatic heterocycles.